The maximum atomic E-state index is 12.1. The first-order valence-electron chi connectivity index (χ1n) is 6.65. The Morgan fingerprint density at radius 2 is 1.62 bits per heavy atom. The van der Waals surface area contributed by atoms with E-state index in [1.54, 1.807) is 18.2 Å². The van der Waals surface area contributed by atoms with Crippen molar-refractivity contribution in [1.29, 1.82) is 0 Å². The van der Waals surface area contributed by atoms with E-state index in [0.29, 0.717) is 10.6 Å². The second-order valence-electron chi connectivity index (χ2n) is 4.94. The monoisotopic (exact) mass is 300 g/mol. The van der Waals surface area contributed by atoms with Gasteiger partial charge in [-0.15, -0.1) is 0 Å². The third-order valence-corrected chi connectivity index (χ3v) is 3.61. The van der Waals surface area contributed by atoms with Crippen LogP contribution in [0.3, 0.4) is 0 Å². The highest BCUT2D eigenvalue weighted by Gasteiger charge is 2.06. The Balaban J connectivity index is 2.10. The van der Waals surface area contributed by atoms with Crippen molar-refractivity contribution in [3.63, 3.8) is 0 Å². The van der Waals surface area contributed by atoms with Gasteiger partial charge in [0, 0.05) is 10.6 Å². The van der Waals surface area contributed by atoms with E-state index >= 15 is 0 Å². The van der Waals surface area contributed by atoms with Crippen LogP contribution in [0.25, 0.3) is 0 Å². The molecule has 0 aromatic heterocycles. The lowest BCUT2D eigenvalue weighted by atomic mass is 10.1. The third kappa shape index (κ3) is 3.92. The molecule has 0 bridgehead atoms. The smallest absolute Gasteiger partial charge is 0.267 e. The van der Waals surface area contributed by atoms with Gasteiger partial charge in [0.05, 0.1) is 5.71 Å². The van der Waals surface area contributed by atoms with Crippen molar-refractivity contribution in [2.24, 2.45) is 5.10 Å². The summed E-state index contributed by atoms with van der Waals surface area (Å²) in [6.45, 7) is 5.83. The molecule has 21 heavy (non-hydrogen) atoms. The zero-order chi connectivity index (χ0) is 15.4. The van der Waals surface area contributed by atoms with Gasteiger partial charge in [0.2, 0.25) is 0 Å². The quantitative estimate of drug-likeness (QED) is 0.672. The van der Waals surface area contributed by atoms with E-state index in [1.807, 2.05) is 45.0 Å². The predicted molar refractivity (Wildman–Crippen MR) is 87.0 cm³/mol. The van der Waals surface area contributed by atoms with Gasteiger partial charge >= 0.3 is 0 Å². The van der Waals surface area contributed by atoms with Crippen LogP contribution in [0, 0.1) is 13.8 Å². The van der Waals surface area contributed by atoms with Crippen molar-refractivity contribution in [1.82, 2.24) is 5.43 Å². The topological polar surface area (TPSA) is 41.5 Å². The minimum Gasteiger partial charge on any atom is -0.267 e. The van der Waals surface area contributed by atoms with Crippen LogP contribution in [-0.2, 0) is 0 Å². The van der Waals surface area contributed by atoms with Gasteiger partial charge in [-0.2, -0.15) is 5.10 Å². The lowest BCUT2D eigenvalue weighted by Crippen LogP contribution is -2.19. The maximum absolute atomic E-state index is 12.1. The van der Waals surface area contributed by atoms with E-state index in [2.05, 4.69) is 10.5 Å². The first-order chi connectivity index (χ1) is 9.97. The second kappa shape index (κ2) is 6.55. The standard InChI is InChI=1S/C17H17ClN2O/c1-11-4-5-15(10-12(11)2)17(21)20-19-13(3)14-6-8-16(18)9-7-14/h4-10H,1-3H3,(H,20,21). The van der Waals surface area contributed by atoms with Crippen LogP contribution in [0.2, 0.25) is 5.02 Å². The number of hydrogen-bond acceptors (Lipinski definition) is 2. The fourth-order valence-corrected chi connectivity index (χ4v) is 1.96. The maximum Gasteiger partial charge on any atom is 0.271 e. The number of hydrazone groups is 1. The molecule has 2 aromatic carbocycles. The molecule has 0 unspecified atom stereocenters. The van der Waals surface area contributed by atoms with Crippen molar-refractivity contribution in [3.05, 3.63) is 69.7 Å². The van der Waals surface area contributed by atoms with Crippen LogP contribution in [0.4, 0.5) is 0 Å². The van der Waals surface area contributed by atoms with E-state index in [-0.39, 0.29) is 5.91 Å². The molecule has 0 fully saturated rings. The Kier molecular flexibility index (Phi) is 4.76. The summed E-state index contributed by atoms with van der Waals surface area (Å²) in [4.78, 5) is 12.1. The molecule has 0 atom stereocenters. The van der Waals surface area contributed by atoms with E-state index < -0.39 is 0 Å². The Labute approximate surface area is 129 Å². The van der Waals surface area contributed by atoms with Crippen molar-refractivity contribution >= 4 is 23.2 Å². The number of benzene rings is 2. The summed E-state index contributed by atoms with van der Waals surface area (Å²) < 4.78 is 0. The summed E-state index contributed by atoms with van der Waals surface area (Å²) in [6, 6.07) is 12.9. The second-order valence-corrected chi connectivity index (χ2v) is 5.38. The Bertz CT molecular complexity index is 690. The van der Waals surface area contributed by atoms with Crippen LogP contribution < -0.4 is 5.43 Å². The van der Waals surface area contributed by atoms with E-state index in [0.717, 1.165) is 22.4 Å². The highest BCUT2D eigenvalue weighted by atomic mass is 35.5. The molecular weight excluding hydrogens is 284 g/mol. The van der Waals surface area contributed by atoms with Gasteiger partial charge in [-0.1, -0.05) is 29.8 Å². The number of nitrogens with zero attached hydrogens (tertiary/aromatic N) is 1. The summed E-state index contributed by atoms with van der Waals surface area (Å²) in [5, 5.41) is 4.80. The zero-order valence-electron chi connectivity index (χ0n) is 12.3. The number of halogens is 1. The molecule has 2 aromatic rings. The first-order valence-corrected chi connectivity index (χ1v) is 7.03. The van der Waals surface area contributed by atoms with Crippen LogP contribution in [0.5, 0.6) is 0 Å². The van der Waals surface area contributed by atoms with E-state index in [9.17, 15) is 4.79 Å². The fraction of sp³-hybridized carbons (Fsp3) is 0.176. The number of amides is 1. The van der Waals surface area contributed by atoms with Gasteiger partial charge < -0.3 is 0 Å². The molecule has 0 saturated heterocycles. The molecule has 0 spiro atoms. The molecule has 1 N–H and O–H groups in total. The molecule has 3 nitrogen and oxygen atoms in total. The van der Waals surface area contributed by atoms with Crippen molar-refractivity contribution in [2.75, 3.05) is 0 Å². The minimum absolute atomic E-state index is 0.216. The molecular formula is C17H17ClN2O. The molecule has 2 rings (SSSR count). The Hall–Kier alpha value is -2.13. The lowest BCUT2D eigenvalue weighted by molar-refractivity contribution is 0.0954. The van der Waals surface area contributed by atoms with Crippen LogP contribution in [-0.4, -0.2) is 11.6 Å². The van der Waals surface area contributed by atoms with Crippen molar-refractivity contribution in [3.8, 4) is 0 Å². The fourth-order valence-electron chi connectivity index (χ4n) is 1.84. The first kappa shape index (κ1) is 15.3. The molecule has 0 aliphatic rings. The van der Waals surface area contributed by atoms with Gasteiger partial charge in [-0.05, 0) is 61.7 Å². The van der Waals surface area contributed by atoms with Crippen LogP contribution >= 0.6 is 11.6 Å². The number of hydrogen-bond donors (Lipinski definition) is 1. The molecule has 0 aliphatic carbocycles. The largest absolute Gasteiger partial charge is 0.271 e. The Morgan fingerprint density at radius 3 is 2.24 bits per heavy atom. The number of carbonyl (C=O) groups is 1. The van der Waals surface area contributed by atoms with Gasteiger partial charge in [-0.3, -0.25) is 4.79 Å². The predicted octanol–water partition coefficient (Wildman–Crippen LogP) is 4.11. The molecule has 4 heteroatoms. The summed E-state index contributed by atoms with van der Waals surface area (Å²) in [7, 11) is 0. The van der Waals surface area contributed by atoms with E-state index in [1.165, 1.54) is 0 Å². The lowest BCUT2D eigenvalue weighted by Gasteiger charge is -2.05. The zero-order valence-corrected chi connectivity index (χ0v) is 13.0. The van der Waals surface area contributed by atoms with Gasteiger partial charge in [0.25, 0.3) is 5.91 Å². The number of aryl methyl sites for hydroxylation is 2. The normalized spacial score (nSPS) is 11.3. The summed E-state index contributed by atoms with van der Waals surface area (Å²) >= 11 is 5.84. The molecule has 0 saturated carbocycles. The molecule has 0 aliphatic heterocycles. The average Bonchev–Trinajstić information content (AvgIpc) is 2.48. The van der Waals surface area contributed by atoms with Crippen LogP contribution in [0.15, 0.2) is 47.6 Å². The van der Waals surface area contributed by atoms with E-state index in [4.69, 9.17) is 11.6 Å². The summed E-state index contributed by atoms with van der Waals surface area (Å²) in [6.07, 6.45) is 0. The highest BCUT2D eigenvalue weighted by molar-refractivity contribution is 6.30. The molecule has 108 valence electrons. The minimum atomic E-state index is -0.216. The summed E-state index contributed by atoms with van der Waals surface area (Å²) in [5.74, 6) is -0.216. The number of rotatable bonds is 3. The SMILES string of the molecule is CC(=NNC(=O)c1ccc(C)c(C)c1)c1ccc(Cl)cc1. The van der Waals surface area contributed by atoms with Gasteiger partial charge in [0.15, 0.2) is 0 Å². The molecule has 0 heterocycles. The third-order valence-electron chi connectivity index (χ3n) is 3.36. The summed E-state index contributed by atoms with van der Waals surface area (Å²) in [5.41, 5.74) is 7.06. The number of nitrogens with one attached hydrogen (secondary N) is 1. The average molecular weight is 301 g/mol. The Morgan fingerprint density at radius 1 is 1.00 bits per heavy atom. The molecule has 1 amide bonds. The highest BCUT2D eigenvalue weighted by Crippen LogP contribution is 2.11. The van der Waals surface area contributed by atoms with Crippen LogP contribution in [0.1, 0.15) is 34.0 Å². The van der Waals surface area contributed by atoms with Gasteiger partial charge in [-0.25, -0.2) is 5.43 Å². The van der Waals surface area contributed by atoms with Gasteiger partial charge in [0.1, 0.15) is 0 Å². The molecule has 0 radical (unpaired) electrons. The van der Waals surface area contributed by atoms with Crippen molar-refractivity contribution in [2.45, 2.75) is 20.8 Å². The van der Waals surface area contributed by atoms with Crippen molar-refractivity contribution < 1.29 is 4.79 Å². The number of carbonyl (C=O) groups excluding carboxylic acids is 1.